The molecule has 0 aliphatic carbocycles. The Morgan fingerprint density at radius 2 is 1.61 bits per heavy atom. The van der Waals surface area contributed by atoms with Crippen LogP contribution in [-0.2, 0) is 4.79 Å². The lowest BCUT2D eigenvalue weighted by Gasteiger charge is -2.36. The van der Waals surface area contributed by atoms with Crippen LogP contribution in [-0.4, -0.2) is 54.2 Å². The molecule has 0 saturated carbocycles. The minimum Gasteiger partial charge on any atom is -0.367 e. The standard InChI is InChI=1S/C20H16Cl3F3N4O2S/c21-11-1-3-13(14(22)9-11)17(31)28-19(33)27-12-2-4-16(15(23)10-12)29-5-7-30(8-6-29)18(32)20(24,25)26/h1-4,9-10H,5-8H2,(H2,27,28,31,33). The number of hydrogen-bond acceptors (Lipinski definition) is 4. The minimum absolute atomic E-state index is 0.00844. The number of rotatable bonds is 3. The van der Waals surface area contributed by atoms with Crippen LogP contribution in [0.15, 0.2) is 36.4 Å². The van der Waals surface area contributed by atoms with Crippen LogP contribution in [0.1, 0.15) is 10.4 Å². The summed E-state index contributed by atoms with van der Waals surface area (Å²) in [6.07, 6.45) is -4.89. The lowest BCUT2D eigenvalue weighted by Crippen LogP contribution is -2.52. The molecular weight excluding hydrogens is 524 g/mol. The number of piperazine rings is 1. The fraction of sp³-hybridized carbons (Fsp3) is 0.250. The van der Waals surface area contributed by atoms with E-state index in [-0.39, 0.29) is 41.9 Å². The predicted molar refractivity (Wildman–Crippen MR) is 126 cm³/mol. The molecule has 1 heterocycles. The first-order valence-electron chi connectivity index (χ1n) is 9.43. The Bertz CT molecular complexity index is 1090. The third kappa shape index (κ3) is 6.41. The van der Waals surface area contributed by atoms with E-state index < -0.39 is 18.0 Å². The number of alkyl halides is 3. The number of benzene rings is 2. The van der Waals surface area contributed by atoms with Crippen LogP contribution < -0.4 is 15.5 Å². The lowest BCUT2D eigenvalue weighted by atomic mass is 10.2. The van der Waals surface area contributed by atoms with E-state index in [0.29, 0.717) is 21.4 Å². The lowest BCUT2D eigenvalue weighted by molar-refractivity contribution is -0.185. The van der Waals surface area contributed by atoms with Gasteiger partial charge < -0.3 is 15.1 Å². The molecule has 0 bridgehead atoms. The molecule has 13 heteroatoms. The van der Waals surface area contributed by atoms with E-state index in [1.165, 1.54) is 18.2 Å². The average molecular weight is 540 g/mol. The van der Waals surface area contributed by atoms with Gasteiger partial charge in [-0.15, -0.1) is 0 Å². The van der Waals surface area contributed by atoms with Crippen LogP contribution in [0.5, 0.6) is 0 Å². The molecule has 0 radical (unpaired) electrons. The van der Waals surface area contributed by atoms with E-state index in [1.54, 1.807) is 23.1 Å². The van der Waals surface area contributed by atoms with Crippen molar-refractivity contribution in [3.63, 3.8) is 0 Å². The number of nitrogens with one attached hydrogen (secondary N) is 2. The third-order valence-electron chi connectivity index (χ3n) is 4.76. The normalized spacial score (nSPS) is 14.1. The summed E-state index contributed by atoms with van der Waals surface area (Å²) in [4.78, 5) is 26.3. The summed E-state index contributed by atoms with van der Waals surface area (Å²) in [7, 11) is 0. The molecule has 1 aliphatic rings. The Balaban J connectivity index is 1.59. The van der Waals surface area contributed by atoms with E-state index in [1.807, 2.05) is 0 Å². The summed E-state index contributed by atoms with van der Waals surface area (Å²) in [6, 6.07) is 9.32. The van der Waals surface area contributed by atoms with Crippen molar-refractivity contribution in [3.05, 3.63) is 57.0 Å². The van der Waals surface area contributed by atoms with Crippen molar-refractivity contribution in [2.75, 3.05) is 36.4 Å². The van der Waals surface area contributed by atoms with E-state index in [2.05, 4.69) is 10.6 Å². The second kappa shape index (κ2) is 10.3. The van der Waals surface area contributed by atoms with Gasteiger partial charge in [0.05, 0.1) is 21.3 Å². The van der Waals surface area contributed by atoms with Crippen LogP contribution in [0.4, 0.5) is 24.5 Å². The van der Waals surface area contributed by atoms with Crippen LogP contribution in [0.2, 0.25) is 15.1 Å². The molecule has 1 fully saturated rings. The van der Waals surface area contributed by atoms with E-state index in [0.717, 1.165) is 4.90 Å². The molecule has 176 valence electrons. The smallest absolute Gasteiger partial charge is 0.367 e. The summed E-state index contributed by atoms with van der Waals surface area (Å²) in [5.74, 6) is -2.37. The van der Waals surface area contributed by atoms with Gasteiger partial charge in [0, 0.05) is 36.9 Å². The van der Waals surface area contributed by atoms with Crippen LogP contribution in [0.25, 0.3) is 0 Å². The summed E-state index contributed by atoms with van der Waals surface area (Å²) in [5.41, 5.74) is 1.29. The largest absolute Gasteiger partial charge is 0.471 e. The molecule has 6 nitrogen and oxygen atoms in total. The molecule has 3 rings (SSSR count). The molecule has 0 spiro atoms. The molecule has 1 saturated heterocycles. The molecule has 2 aromatic rings. The van der Waals surface area contributed by atoms with Crippen molar-refractivity contribution in [2.24, 2.45) is 0 Å². The van der Waals surface area contributed by atoms with Gasteiger partial charge >= 0.3 is 12.1 Å². The number of carbonyl (C=O) groups excluding carboxylic acids is 2. The average Bonchev–Trinajstić information content (AvgIpc) is 2.72. The quantitative estimate of drug-likeness (QED) is 0.539. The fourth-order valence-electron chi connectivity index (χ4n) is 3.18. The number of nitrogens with zero attached hydrogens (tertiary/aromatic N) is 2. The van der Waals surface area contributed by atoms with E-state index in [9.17, 15) is 22.8 Å². The molecular formula is C20H16Cl3F3N4O2S. The van der Waals surface area contributed by atoms with Gasteiger partial charge in [0.2, 0.25) is 0 Å². The maximum Gasteiger partial charge on any atom is 0.471 e. The fourth-order valence-corrected chi connectivity index (χ4v) is 4.18. The first-order chi connectivity index (χ1) is 15.5. The molecule has 0 aromatic heterocycles. The summed E-state index contributed by atoms with van der Waals surface area (Å²) in [6.45, 7) is 0.255. The van der Waals surface area contributed by atoms with Crippen molar-refractivity contribution < 1.29 is 22.8 Å². The Labute approximate surface area is 207 Å². The summed E-state index contributed by atoms with van der Waals surface area (Å²) in [5, 5.41) is 6.23. The van der Waals surface area contributed by atoms with Gasteiger partial charge in [-0.25, -0.2) is 0 Å². The highest BCUT2D eigenvalue weighted by Crippen LogP contribution is 2.30. The Kier molecular flexibility index (Phi) is 7.94. The second-order valence-corrected chi connectivity index (χ2v) is 8.63. The number of hydrogen-bond donors (Lipinski definition) is 2. The maximum absolute atomic E-state index is 12.6. The summed E-state index contributed by atoms with van der Waals surface area (Å²) < 4.78 is 37.8. The number of halogens is 6. The zero-order chi connectivity index (χ0) is 24.3. The van der Waals surface area contributed by atoms with Crippen molar-refractivity contribution >= 4 is 75.3 Å². The Hall–Kier alpha value is -2.27. The number of anilines is 2. The minimum atomic E-state index is -4.89. The summed E-state index contributed by atoms with van der Waals surface area (Å²) >= 11 is 23.4. The van der Waals surface area contributed by atoms with E-state index in [4.69, 9.17) is 47.0 Å². The van der Waals surface area contributed by atoms with Gasteiger partial charge in [0.25, 0.3) is 5.91 Å². The van der Waals surface area contributed by atoms with Crippen LogP contribution in [0.3, 0.4) is 0 Å². The highest BCUT2D eigenvalue weighted by Gasteiger charge is 2.43. The topological polar surface area (TPSA) is 64.7 Å². The monoisotopic (exact) mass is 538 g/mol. The first kappa shape index (κ1) is 25.4. The molecule has 33 heavy (non-hydrogen) atoms. The van der Waals surface area contributed by atoms with Crippen molar-refractivity contribution in [1.29, 1.82) is 0 Å². The third-order valence-corrected chi connectivity index (χ3v) is 5.81. The zero-order valence-corrected chi connectivity index (χ0v) is 19.8. The van der Waals surface area contributed by atoms with E-state index >= 15 is 0 Å². The number of thiocarbonyl (C=S) groups is 1. The maximum atomic E-state index is 12.6. The van der Waals surface area contributed by atoms with Gasteiger partial charge in [-0.3, -0.25) is 14.9 Å². The van der Waals surface area contributed by atoms with Gasteiger partial charge in [-0.2, -0.15) is 13.2 Å². The highest BCUT2D eigenvalue weighted by molar-refractivity contribution is 7.80. The molecule has 1 aliphatic heterocycles. The molecule has 2 N–H and O–H groups in total. The first-order valence-corrected chi connectivity index (χ1v) is 11.0. The number of amides is 2. The molecule has 2 aromatic carbocycles. The van der Waals surface area contributed by atoms with Gasteiger partial charge in [-0.05, 0) is 48.6 Å². The highest BCUT2D eigenvalue weighted by atomic mass is 35.5. The Morgan fingerprint density at radius 3 is 2.18 bits per heavy atom. The van der Waals surface area contributed by atoms with Gasteiger partial charge in [-0.1, -0.05) is 34.8 Å². The molecule has 0 atom stereocenters. The van der Waals surface area contributed by atoms with Crippen LogP contribution >= 0.6 is 47.0 Å². The predicted octanol–water partition coefficient (Wildman–Crippen LogP) is 4.98. The molecule has 0 unspecified atom stereocenters. The van der Waals surface area contributed by atoms with Crippen molar-refractivity contribution in [1.82, 2.24) is 10.2 Å². The van der Waals surface area contributed by atoms with Crippen molar-refractivity contribution in [2.45, 2.75) is 6.18 Å². The van der Waals surface area contributed by atoms with Crippen LogP contribution in [0, 0.1) is 0 Å². The SMILES string of the molecule is O=C(NC(=S)Nc1ccc(N2CCN(C(=O)C(F)(F)F)CC2)c(Cl)c1)c1ccc(Cl)cc1Cl. The van der Waals surface area contributed by atoms with Gasteiger partial charge in [0.1, 0.15) is 0 Å². The molecule has 2 amide bonds. The van der Waals surface area contributed by atoms with Crippen molar-refractivity contribution in [3.8, 4) is 0 Å². The Morgan fingerprint density at radius 1 is 0.939 bits per heavy atom. The van der Waals surface area contributed by atoms with Gasteiger partial charge in [0.15, 0.2) is 5.11 Å². The number of carbonyl (C=O) groups is 2. The second-order valence-electron chi connectivity index (χ2n) is 6.98. The zero-order valence-electron chi connectivity index (χ0n) is 16.7.